The van der Waals surface area contributed by atoms with Gasteiger partial charge < -0.3 is 10.2 Å². The molecule has 1 aromatic rings. The van der Waals surface area contributed by atoms with Crippen molar-refractivity contribution in [3.05, 3.63) is 34.9 Å². The average Bonchev–Trinajstić information content (AvgIpc) is 2.90. The first kappa shape index (κ1) is 16.5. The molecule has 1 aliphatic heterocycles. The Morgan fingerprint density at radius 3 is 2.48 bits per heavy atom. The van der Waals surface area contributed by atoms with E-state index >= 15 is 0 Å². The molecule has 1 aromatic carbocycles. The fourth-order valence-corrected chi connectivity index (χ4v) is 3.49. The van der Waals surface area contributed by atoms with E-state index in [-0.39, 0.29) is 0 Å². The number of hydrogen-bond donors (Lipinski definition) is 1. The molecular formula is C19H32N2. The summed E-state index contributed by atoms with van der Waals surface area (Å²) in [4.78, 5) is 2.65. The zero-order chi connectivity index (χ0) is 15.2. The van der Waals surface area contributed by atoms with Gasteiger partial charge in [-0.2, -0.15) is 0 Å². The third-order valence-corrected chi connectivity index (χ3v) is 4.68. The first-order valence-electron chi connectivity index (χ1n) is 8.66. The van der Waals surface area contributed by atoms with Crippen LogP contribution >= 0.6 is 0 Å². The minimum Gasteiger partial charge on any atom is -0.309 e. The van der Waals surface area contributed by atoms with Crippen molar-refractivity contribution in [3.63, 3.8) is 0 Å². The largest absolute Gasteiger partial charge is 0.309 e. The molecule has 2 heteroatoms. The van der Waals surface area contributed by atoms with Crippen LogP contribution in [-0.4, -0.2) is 31.1 Å². The molecule has 2 atom stereocenters. The molecule has 0 bridgehead atoms. The first-order valence-corrected chi connectivity index (χ1v) is 8.66. The molecule has 2 nitrogen and oxygen atoms in total. The van der Waals surface area contributed by atoms with Gasteiger partial charge in [-0.1, -0.05) is 49.6 Å². The Balaban J connectivity index is 2.06. The smallest absolute Gasteiger partial charge is 0.0449 e. The summed E-state index contributed by atoms with van der Waals surface area (Å²) < 4.78 is 0. The maximum Gasteiger partial charge on any atom is 0.0449 e. The lowest BCUT2D eigenvalue weighted by Crippen LogP contribution is -2.34. The second-order valence-corrected chi connectivity index (χ2v) is 6.75. The number of nitrogens with one attached hydrogen (secondary N) is 1. The van der Waals surface area contributed by atoms with E-state index in [1.165, 1.54) is 49.0 Å². The van der Waals surface area contributed by atoms with Crippen LogP contribution in [0.15, 0.2) is 18.2 Å². The third-order valence-electron chi connectivity index (χ3n) is 4.68. The lowest BCUT2D eigenvalue weighted by Gasteiger charge is -2.26. The highest BCUT2D eigenvalue weighted by molar-refractivity contribution is 5.31. The molecule has 1 heterocycles. The van der Waals surface area contributed by atoms with Crippen molar-refractivity contribution >= 4 is 0 Å². The topological polar surface area (TPSA) is 15.3 Å². The molecule has 0 amide bonds. The summed E-state index contributed by atoms with van der Waals surface area (Å²) in [6.45, 7) is 13.8. The van der Waals surface area contributed by atoms with Crippen LogP contribution in [0.1, 0.15) is 55.8 Å². The van der Waals surface area contributed by atoms with Crippen molar-refractivity contribution in [2.75, 3.05) is 26.2 Å². The molecule has 0 saturated carbocycles. The van der Waals surface area contributed by atoms with Crippen LogP contribution in [0.2, 0.25) is 0 Å². The maximum absolute atomic E-state index is 3.76. The predicted molar refractivity (Wildman–Crippen MR) is 91.8 cm³/mol. The first-order chi connectivity index (χ1) is 10.1. The highest BCUT2D eigenvalue weighted by Gasteiger charge is 2.24. The summed E-state index contributed by atoms with van der Waals surface area (Å²) in [7, 11) is 0. The number of likely N-dealkylation sites (tertiary alicyclic amines) is 1. The van der Waals surface area contributed by atoms with E-state index in [9.17, 15) is 0 Å². The fraction of sp³-hybridized carbons (Fsp3) is 0.684. The van der Waals surface area contributed by atoms with Crippen molar-refractivity contribution in [2.24, 2.45) is 5.92 Å². The molecule has 1 aliphatic rings. The van der Waals surface area contributed by atoms with E-state index in [2.05, 4.69) is 56.1 Å². The van der Waals surface area contributed by atoms with Crippen molar-refractivity contribution < 1.29 is 0 Å². The molecule has 1 fully saturated rings. The summed E-state index contributed by atoms with van der Waals surface area (Å²) >= 11 is 0. The van der Waals surface area contributed by atoms with Crippen molar-refractivity contribution in [1.29, 1.82) is 0 Å². The molecular weight excluding hydrogens is 256 g/mol. The van der Waals surface area contributed by atoms with E-state index in [0.29, 0.717) is 6.04 Å². The van der Waals surface area contributed by atoms with Crippen LogP contribution in [0.5, 0.6) is 0 Å². The summed E-state index contributed by atoms with van der Waals surface area (Å²) in [6, 6.07) is 7.45. The minimum atomic E-state index is 0.471. The summed E-state index contributed by atoms with van der Waals surface area (Å²) in [5.41, 5.74) is 4.21. The number of aryl methyl sites for hydroxylation is 2. The number of benzene rings is 1. The summed E-state index contributed by atoms with van der Waals surface area (Å²) in [6.07, 6.45) is 3.90. The zero-order valence-corrected chi connectivity index (χ0v) is 14.3. The van der Waals surface area contributed by atoms with Gasteiger partial charge in [-0.05, 0) is 51.3 Å². The molecule has 0 aromatic heterocycles. The lowest BCUT2D eigenvalue weighted by atomic mass is 10.0. The predicted octanol–water partition coefficient (Wildman–Crippen LogP) is 4.08. The van der Waals surface area contributed by atoms with Crippen molar-refractivity contribution in [1.82, 2.24) is 10.2 Å². The van der Waals surface area contributed by atoms with Crippen molar-refractivity contribution in [3.8, 4) is 0 Å². The van der Waals surface area contributed by atoms with Crippen LogP contribution in [0.25, 0.3) is 0 Å². The molecule has 118 valence electrons. The Hall–Kier alpha value is -0.860. The summed E-state index contributed by atoms with van der Waals surface area (Å²) in [5.74, 6) is 0.913. The SMILES string of the molecule is CCCNC(CN1CCC(CC)C1)c1cc(C)cc(C)c1. The van der Waals surface area contributed by atoms with Gasteiger partial charge in [-0.3, -0.25) is 0 Å². The minimum absolute atomic E-state index is 0.471. The molecule has 0 spiro atoms. The van der Waals surface area contributed by atoms with E-state index in [0.717, 1.165) is 19.0 Å². The van der Waals surface area contributed by atoms with Crippen LogP contribution in [0, 0.1) is 19.8 Å². The normalized spacial score (nSPS) is 20.9. The van der Waals surface area contributed by atoms with Gasteiger partial charge in [0.2, 0.25) is 0 Å². The fourth-order valence-electron chi connectivity index (χ4n) is 3.49. The Labute approximate surface area is 130 Å². The lowest BCUT2D eigenvalue weighted by molar-refractivity contribution is 0.281. The van der Waals surface area contributed by atoms with Crippen LogP contribution in [-0.2, 0) is 0 Å². The second kappa shape index (κ2) is 7.95. The van der Waals surface area contributed by atoms with Crippen LogP contribution in [0.4, 0.5) is 0 Å². The van der Waals surface area contributed by atoms with Gasteiger partial charge in [0.25, 0.3) is 0 Å². The number of nitrogens with zero attached hydrogens (tertiary/aromatic N) is 1. The monoisotopic (exact) mass is 288 g/mol. The highest BCUT2D eigenvalue weighted by Crippen LogP contribution is 2.23. The van der Waals surface area contributed by atoms with E-state index in [1.54, 1.807) is 0 Å². The molecule has 1 N–H and O–H groups in total. The van der Waals surface area contributed by atoms with Gasteiger partial charge in [0.05, 0.1) is 0 Å². The Morgan fingerprint density at radius 1 is 1.19 bits per heavy atom. The molecule has 1 saturated heterocycles. The number of rotatable bonds is 7. The third kappa shape index (κ3) is 4.82. The second-order valence-electron chi connectivity index (χ2n) is 6.75. The van der Waals surface area contributed by atoms with Gasteiger partial charge in [-0.25, -0.2) is 0 Å². The zero-order valence-electron chi connectivity index (χ0n) is 14.3. The molecule has 2 unspecified atom stereocenters. The van der Waals surface area contributed by atoms with E-state index in [4.69, 9.17) is 0 Å². The standard InChI is InChI=1S/C19H32N2/c1-5-8-20-19(14-21-9-7-17(6-2)13-21)18-11-15(3)10-16(4)12-18/h10-12,17,19-20H,5-9,13-14H2,1-4H3. The average molecular weight is 288 g/mol. The maximum atomic E-state index is 3.76. The molecule has 0 radical (unpaired) electrons. The molecule has 21 heavy (non-hydrogen) atoms. The van der Waals surface area contributed by atoms with Gasteiger partial charge in [0, 0.05) is 19.1 Å². The quantitative estimate of drug-likeness (QED) is 0.813. The van der Waals surface area contributed by atoms with Crippen molar-refractivity contribution in [2.45, 2.75) is 53.0 Å². The molecule has 2 rings (SSSR count). The molecule has 0 aliphatic carbocycles. The van der Waals surface area contributed by atoms with Crippen LogP contribution < -0.4 is 5.32 Å². The van der Waals surface area contributed by atoms with Gasteiger partial charge in [0.1, 0.15) is 0 Å². The van der Waals surface area contributed by atoms with Crippen LogP contribution in [0.3, 0.4) is 0 Å². The highest BCUT2D eigenvalue weighted by atomic mass is 15.2. The Bertz CT molecular complexity index is 421. The van der Waals surface area contributed by atoms with Gasteiger partial charge in [0.15, 0.2) is 0 Å². The number of hydrogen-bond acceptors (Lipinski definition) is 2. The van der Waals surface area contributed by atoms with E-state index in [1.807, 2.05) is 0 Å². The Kier molecular flexibility index (Phi) is 6.25. The Morgan fingerprint density at radius 2 is 1.90 bits per heavy atom. The van der Waals surface area contributed by atoms with E-state index < -0.39 is 0 Å². The summed E-state index contributed by atoms with van der Waals surface area (Å²) in [5, 5.41) is 3.76. The van der Waals surface area contributed by atoms with Gasteiger partial charge in [-0.15, -0.1) is 0 Å². The van der Waals surface area contributed by atoms with Gasteiger partial charge >= 0.3 is 0 Å².